The number of nitrogens with zero attached hydrogens (tertiary/aromatic N) is 2. The molecule has 1 amide bonds. The number of hydrogen-bond donors (Lipinski definition) is 2. The summed E-state index contributed by atoms with van der Waals surface area (Å²) in [6.45, 7) is 6.64. The Morgan fingerprint density at radius 3 is 2.96 bits per heavy atom. The molecule has 2 rings (SSSR count). The molecular formula is C18H27FN4O. The normalized spacial score (nSPS) is 18.5. The van der Waals surface area contributed by atoms with Gasteiger partial charge in [0.1, 0.15) is 5.82 Å². The van der Waals surface area contributed by atoms with E-state index in [-0.39, 0.29) is 17.6 Å². The third-order valence-electron chi connectivity index (χ3n) is 4.29. The molecule has 0 saturated carbocycles. The molecule has 3 N–H and O–H groups in total. The minimum absolute atomic E-state index is 0.202. The molecular weight excluding hydrogens is 307 g/mol. The SMILES string of the molecule is CCNC(=NCc1ccc(C)c(F)c1)N1CCCC(CC(N)=O)C1. The second-order valence-electron chi connectivity index (χ2n) is 6.38. The van der Waals surface area contributed by atoms with Crippen LogP contribution in [0.5, 0.6) is 0 Å². The van der Waals surface area contributed by atoms with Crippen molar-refractivity contribution >= 4 is 11.9 Å². The minimum atomic E-state index is -0.251. The number of halogens is 1. The van der Waals surface area contributed by atoms with Crippen molar-refractivity contribution in [3.63, 3.8) is 0 Å². The number of aliphatic imine (C=N–C) groups is 1. The highest BCUT2D eigenvalue weighted by Gasteiger charge is 2.23. The van der Waals surface area contributed by atoms with E-state index in [1.807, 2.05) is 13.0 Å². The fraction of sp³-hybridized carbons (Fsp3) is 0.556. The highest BCUT2D eigenvalue weighted by molar-refractivity contribution is 5.80. The Balaban J connectivity index is 2.06. The van der Waals surface area contributed by atoms with E-state index in [2.05, 4.69) is 15.2 Å². The standard InChI is InChI=1S/C18H27FN4O/c1-3-21-18(22-11-14-7-6-13(2)16(19)9-14)23-8-4-5-15(12-23)10-17(20)24/h6-7,9,15H,3-5,8,10-12H2,1-2H3,(H2,20,24)(H,21,22). The van der Waals surface area contributed by atoms with Gasteiger partial charge in [-0.3, -0.25) is 4.79 Å². The van der Waals surface area contributed by atoms with Crippen LogP contribution in [0.1, 0.15) is 37.3 Å². The van der Waals surface area contributed by atoms with Crippen LogP contribution in [0.25, 0.3) is 0 Å². The molecule has 1 fully saturated rings. The maximum Gasteiger partial charge on any atom is 0.217 e. The van der Waals surface area contributed by atoms with E-state index < -0.39 is 0 Å². The zero-order valence-corrected chi connectivity index (χ0v) is 14.5. The third-order valence-corrected chi connectivity index (χ3v) is 4.29. The number of nitrogens with two attached hydrogens (primary N) is 1. The van der Waals surface area contributed by atoms with Gasteiger partial charge in [0.25, 0.3) is 0 Å². The summed E-state index contributed by atoms with van der Waals surface area (Å²) in [7, 11) is 0. The topological polar surface area (TPSA) is 70.7 Å². The fourth-order valence-electron chi connectivity index (χ4n) is 3.04. The van der Waals surface area contributed by atoms with Crippen molar-refractivity contribution < 1.29 is 9.18 Å². The summed E-state index contributed by atoms with van der Waals surface area (Å²) in [6.07, 6.45) is 2.45. The molecule has 6 heteroatoms. The van der Waals surface area contributed by atoms with E-state index in [0.717, 1.165) is 44.0 Å². The molecule has 1 aliphatic heterocycles. The number of carbonyl (C=O) groups is 1. The van der Waals surface area contributed by atoms with Gasteiger partial charge in [-0.2, -0.15) is 0 Å². The molecule has 1 aromatic rings. The van der Waals surface area contributed by atoms with Crippen LogP contribution in [0.2, 0.25) is 0 Å². The summed E-state index contributed by atoms with van der Waals surface area (Å²) < 4.78 is 13.7. The molecule has 1 aromatic carbocycles. The summed E-state index contributed by atoms with van der Waals surface area (Å²) in [6, 6.07) is 5.21. The van der Waals surface area contributed by atoms with Crippen LogP contribution >= 0.6 is 0 Å². The average Bonchev–Trinajstić information content (AvgIpc) is 2.54. The van der Waals surface area contributed by atoms with E-state index in [9.17, 15) is 9.18 Å². The van der Waals surface area contributed by atoms with Crippen LogP contribution in [0, 0.1) is 18.7 Å². The Kier molecular flexibility index (Phi) is 6.58. The summed E-state index contributed by atoms with van der Waals surface area (Å²) in [5.74, 6) is 0.635. The number of carbonyl (C=O) groups excluding carboxylic acids is 1. The van der Waals surface area contributed by atoms with Gasteiger partial charge in [0.2, 0.25) is 5.91 Å². The van der Waals surface area contributed by atoms with Gasteiger partial charge < -0.3 is 16.0 Å². The van der Waals surface area contributed by atoms with E-state index in [4.69, 9.17) is 5.73 Å². The van der Waals surface area contributed by atoms with Crippen LogP contribution < -0.4 is 11.1 Å². The zero-order chi connectivity index (χ0) is 17.5. The second-order valence-corrected chi connectivity index (χ2v) is 6.38. The molecule has 1 unspecified atom stereocenters. The van der Waals surface area contributed by atoms with Crippen LogP contribution in [0.4, 0.5) is 4.39 Å². The van der Waals surface area contributed by atoms with E-state index in [1.165, 1.54) is 6.07 Å². The molecule has 0 bridgehead atoms. The number of nitrogens with one attached hydrogen (secondary N) is 1. The quantitative estimate of drug-likeness (QED) is 0.640. The van der Waals surface area contributed by atoms with Gasteiger partial charge in [-0.15, -0.1) is 0 Å². The summed E-state index contributed by atoms with van der Waals surface area (Å²) in [5.41, 5.74) is 6.81. The Bertz CT molecular complexity index is 603. The molecule has 1 atom stereocenters. The summed E-state index contributed by atoms with van der Waals surface area (Å²) in [5, 5.41) is 3.29. The maximum atomic E-state index is 13.7. The number of guanidine groups is 1. The first kappa shape index (κ1) is 18.2. The number of benzene rings is 1. The van der Waals surface area contributed by atoms with Crippen LogP contribution in [0.3, 0.4) is 0 Å². The second kappa shape index (κ2) is 8.66. The average molecular weight is 334 g/mol. The van der Waals surface area contributed by atoms with E-state index in [0.29, 0.717) is 18.5 Å². The van der Waals surface area contributed by atoms with Crippen molar-refractivity contribution in [2.24, 2.45) is 16.6 Å². The van der Waals surface area contributed by atoms with Gasteiger partial charge in [0.05, 0.1) is 6.54 Å². The fourth-order valence-corrected chi connectivity index (χ4v) is 3.04. The molecule has 1 heterocycles. The molecule has 0 aliphatic carbocycles. The molecule has 1 aliphatic rings. The van der Waals surface area contributed by atoms with Gasteiger partial charge in [-0.05, 0) is 49.8 Å². The Hall–Kier alpha value is -2.11. The Labute approximate surface area is 143 Å². The number of rotatable bonds is 5. The Morgan fingerprint density at radius 2 is 2.29 bits per heavy atom. The molecule has 132 valence electrons. The number of hydrogen-bond acceptors (Lipinski definition) is 2. The van der Waals surface area contributed by atoms with Crippen molar-refractivity contribution in [3.8, 4) is 0 Å². The van der Waals surface area contributed by atoms with E-state index >= 15 is 0 Å². The van der Waals surface area contributed by atoms with Crippen molar-refractivity contribution in [1.29, 1.82) is 0 Å². The number of likely N-dealkylation sites (tertiary alicyclic amines) is 1. The molecule has 0 aromatic heterocycles. The largest absolute Gasteiger partial charge is 0.370 e. The molecule has 0 spiro atoms. The first-order valence-electron chi connectivity index (χ1n) is 8.56. The molecule has 0 radical (unpaired) electrons. The zero-order valence-electron chi connectivity index (χ0n) is 14.5. The van der Waals surface area contributed by atoms with Gasteiger partial charge >= 0.3 is 0 Å². The van der Waals surface area contributed by atoms with Gasteiger partial charge in [-0.25, -0.2) is 9.38 Å². The molecule has 24 heavy (non-hydrogen) atoms. The number of amides is 1. The van der Waals surface area contributed by atoms with Crippen molar-refractivity contribution in [2.45, 2.75) is 39.7 Å². The van der Waals surface area contributed by atoms with Gasteiger partial charge in [-0.1, -0.05) is 12.1 Å². The predicted molar refractivity (Wildman–Crippen MR) is 94.1 cm³/mol. The lowest BCUT2D eigenvalue weighted by atomic mass is 9.95. The first-order valence-corrected chi connectivity index (χ1v) is 8.56. The predicted octanol–water partition coefficient (Wildman–Crippen LogP) is 2.19. The first-order chi connectivity index (χ1) is 11.5. The van der Waals surface area contributed by atoms with E-state index in [1.54, 1.807) is 13.0 Å². The lowest BCUT2D eigenvalue weighted by Crippen LogP contribution is -2.47. The number of primary amides is 1. The van der Waals surface area contributed by atoms with Crippen molar-refractivity contribution in [2.75, 3.05) is 19.6 Å². The van der Waals surface area contributed by atoms with Crippen molar-refractivity contribution in [1.82, 2.24) is 10.2 Å². The summed E-state index contributed by atoms with van der Waals surface area (Å²) >= 11 is 0. The maximum absolute atomic E-state index is 13.7. The molecule has 5 nitrogen and oxygen atoms in total. The van der Waals surface area contributed by atoms with Crippen molar-refractivity contribution in [3.05, 3.63) is 35.1 Å². The summed E-state index contributed by atoms with van der Waals surface area (Å²) in [4.78, 5) is 18.0. The van der Waals surface area contributed by atoms with Crippen LogP contribution in [-0.4, -0.2) is 36.4 Å². The lowest BCUT2D eigenvalue weighted by Gasteiger charge is -2.34. The number of piperidine rings is 1. The Morgan fingerprint density at radius 1 is 1.50 bits per heavy atom. The van der Waals surface area contributed by atoms with Crippen LogP contribution in [-0.2, 0) is 11.3 Å². The van der Waals surface area contributed by atoms with Gasteiger partial charge in [0.15, 0.2) is 5.96 Å². The highest BCUT2D eigenvalue weighted by atomic mass is 19.1. The number of aryl methyl sites for hydroxylation is 1. The van der Waals surface area contributed by atoms with Gasteiger partial charge in [0, 0.05) is 26.1 Å². The minimum Gasteiger partial charge on any atom is -0.370 e. The van der Waals surface area contributed by atoms with Crippen LogP contribution in [0.15, 0.2) is 23.2 Å². The molecule has 1 saturated heterocycles. The monoisotopic (exact) mass is 334 g/mol. The smallest absolute Gasteiger partial charge is 0.217 e. The lowest BCUT2D eigenvalue weighted by molar-refractivity contribution is -0.119. The highest BCUT2D eigenvalue weighted by Crippen LogP contribution is 2.19. The third kappa shape index (κ3) is 5.22.